The number of aromatic nitrogens is 1. The highest BCUT2D eigenvalue weighted by Crippen LogP contribution is 2.24. The molecule has 5 nitrogen and oxygen atoms in total. The Kier molecular flexibility index (Phi) is 4.61. The molecular formula is C16H20N4O. The molecule has 0 amide bonds. The number of hydrogen-bond donors (Lipinski definition) is 1. The zero-order valence-corrected chi connectivity index (χ0v) is 12.6. The molecule has 0 radical (unpaired) electrons. The average molecular weight is 284 g/mol. The number of pyridine rings is 1. The molecule has 110 valence electrons. The normalized spacial score (nSPS) is 12.3. The van der Waals surface area contributed by atoms with Crippen molar-refractivity contribution in [3.63, 3.8) is 0 Å². The predicted molar refractivity (Wildman–Crippen MR) is 83.9 cm³/mol. The van der Waals surface area contributed by atoms with Gasteiger partial charge < -0.3 is 10.5 Å². The monoisotopic (exact) mass is 284 g/mol. The number of nitrogens with zero attached hydrogens (tertiary/aromatic N) is 3. The maximum absolute atomic E-state index is 8.77. The van der Waals surface area contributed by atoms with Gasteiger partial charge in [-0.3, -0.25) is 4.90 Å². The second kappa shape index (κ2) is 6.42. The van der Waals surface area contributed by atoms with Crippen LogP contribution in [0.25, 0.3) is 10.9 Å². The first kappa shape index (κ1) is 15.1. The molecule has 2 aromatic rings. The molecule has 1 heterocycles. The fourth-order valence-electron chi connectivity index (χ4n) is 2.17. The zero-order valence-electron chi connectivity index (χ0n) is 12.6. The topological polar surface area (TPSA) is 75.2 Å². The van der Waals surface area contributed by atoms with Gasteiger partial charge in [0.25, 0.3) is 0 Å². The van der Waals surface area contributed by atoms with Crippen LogP contribution in [0.3, 0.4) is 0 Å². The number of fused-ring (bicyclic) bond motifs is 1. The summed E-state index contributed by atoms with van der Waals surface area (Å²) in [6.45, 7) is 2.70. The van der Waals surface area contributed by atoms with Crippen molar-refractivity contribution in [1.29, 1.82) is 5.26 Å². The Hall–Kier alpha value is -2.32. The molecule has 1 aromatic carbocycles. The van der Waals surface area contributed by atoms with Crippen molar-refractivity contribution < 1.29 is 4.74 Å². The van der Waals surface area contributed by atoms with Gasteiger partial charge in [0, 0.05) is 29.6 Å². The van der Waals surface area contributed by atoms with Gasteiger partial charge in [-0.15, -0.1) is 0 Å². The third-order valence-corrected chi connectivity index (χ3v) is 3.70. The minimum Gasteiger partial charge on any atom is -0.497 e. The maximum Gasteiger partial charge on any atom is 0.128 e. The third-order valence-electron chi connectivity index (χ3n) is 3.70. The largest absolute Gasteiger partial charge is 0.497 e. The number of ether oxygens (including phenoxy) is 1. The van der Waals surface area contributed by atoms with Crippen molar-refractivity contribution in [3.05, 3.63) is 29.8 Å². The first-order chi connectivity index (χ1) is 10.0. The van der Waals surface area contributed by atoms with Crippen molar-refractivity contribution >= 4 is 16.7 Å². The molecule has 0 aliphatic rings. The fourth-order valence-corrected chi connectivity index (χ4v) is 2.17. The van der Waals surface area contributed by atoms with Gasteiger partial charge in [0.2, 0.25) is 0 Å². The van der Waals surface area contributed by atoms with E-state index >= 15 is 0 Å². The van der Waals surface area contributed by atoms with Crippen LogP contribution in [-0.4, -0.2) is 30.1 Å². The predicted octanol–water partition coefficient (Wildman–Crippen LogP) is 2.56. The second-order valence-corrected chi connectivity index (χ2v) is 5.22. The Balaban J connectivity index is 2.29. The Morgan fingerprint density at radius 3 is 2.86 bits per heavy atom. The molecule has 1 atom stereocenters. The van der Waals surface area contributed by atoms with Crippen LogP contribution >= 0.6 is 0 Å². The van der Waals surface area contributed by atoms with Crippen molar-refractivity contribution in [3.8, 4) is 11.8 Å². The van der Waals surface area contributed by atoms with E-state index < -0.39 is 0 Å². The zero-order chi connectivity index (χ0) is 15.4. The molecule has 0 aliphatic heterocycles. The number of anilines is 1. The summed E-state index contributed by atoms with van der Waals surface area (Å²) in [6, 6.07) is 10.2. The Labute approximate surface area is 124 Å². The van der Waals surface area contributed by atoms with Crippen LogP contribution in [0.15, 0.2) is 24.3 Å². The lowest BCUT2D eigenvalue weighted by Crippen LogP contribution is -2.28. The van der Waals surface area contributed by atoms with Crippen LogP contribution in [0, 0.1) is 11.3 Å². The molecular weight excluding hydrogens is 264 g/mol. The molecule has 2 N–H and O–H groups in total. The summed E-state index contributed by atoms with van der Waals surface area (Å²) in [6.07, 6.45) is 0.495. The summed E-state index contributed by atoms with van der Waals surface area (Å²) in [5.41, 5.74) is 7.85. The summed E-state index contributed by atoms with van der Waals surface area (Å²) in [5.74, 6) is 1.29. The van der Waals surface area contributed by atoms with E-state index in [9.17, 15) is 0 Å². The standard InChI is InChI=1S/C16H20N4O/c1-11(6-7-17)20(2)10-13-8-12-4-5-14(21-3)9-15(12)19-16(13)18/h4-5,8-9,11H,6,10H2,1-3H3,(H2,18,19). The molecule has 1 unspecified atom stereocenters. The Bertz CT molecular complexity index is 678. The Morgan fingerprint density at radius 1 is 1.43 bits per heavy atom. The van der Waals surface area contributed by atoms with E-state index in [4.69, 9.17) is 15.7 Å². The minimum absolute atomic E-state index is 0.181. The lowest BCUT2D eigenvalue weighted by atomic mass is 10.1. The van der Waals surface area contributed by atoms with Gasteiger partial charge in [-0.1, -0.05) is 0 Å². The minimum atomic E-state index is 0.181. The summed E-state index contributed by atoms with van der Waals surface area (Å²) in [5, 5.41) is 9.80. The average Bonchev–Trinajstić information content (AvgIpc) is 2.47. The van der Waals surface area contributed by atoms with Gasteiger partial charge in [0.15, 0.2) is 0 Å². The van der Waals surface area contributed by atoms with Crippen molar-refractivity contribution in [2.24, 2.45) is 0 Å². The molecule has 21 heavy (non-hydrogen) atoms. The smallest absolute Gasteiger partial charge is 0.128 e. The SMILES string of the molecule is COc1ccc2cc(CN(C)C(C)CC#N)c(N)nc2c1. The Morgan fingerprint density at radius 2 is 2.19 bits per heavy atom. The number of benzene rings is 1. The molecule has 0 aliphatic carbocycles. The summed E-state index contributed by atoms with van der Waals surface area (Å²) in [4.78, 5) is 6.55. The van der Waals surface area contributed by atoms with Crippen molar-refractivity contribution in [2.75, 3.05) is 19.9 Å². The van der Waals surface area contributed by atoms with E-state index in [0.717, 1.165) is 22.2 Å². The number of nitriles is 1. The number of rotatable bonds is 5. The lowest BCUT2D eigenvalue weighted by molar-refractivity contribution is 0.253. The van der Waals surface area contributed by atoms with Gasteiger partial charge in [-0.2, -0.15) is 5.26 Å². The van der Waals surface area contributed by atoms with Gasteiger partial charge >= 0.3 is 0 Å². The highest BCUT2D eigenvalue weighted by atomic mass is 16.5. The number of methoxy groups -OCH3 is 1. The summed E-state index contributed by atoms with van der Waals surface area (Å²) < 4.78 is 5.20. The molecule has 5 heteroatoms. The first-order valence-corrected chi connectivity index (χ1v) is 6.85. The molecule has 0 spiro atoms. The summed E-state index contributed by atoms with van der Waals surface area (Å²) in [7, 11) is 3.62. The number of nitrogens with two attached hydrogens (primary N) is 1. The third kappa shape index (κ3) is 3.41. The second-order valence-electron chi connectivity index (χ2n) is 5.22. The van der Waals surface area contributed by atoms with Crippen LogP contribution in [0.4, 0.5) is 5.82 Å². The van der Waals surface area contributed by atoms with Crippen LogP contribution in [0.5, 0.6) is 5.75 Å². The van der Waals surface area contributed by atoms with E-state index in [1.165, 1.54) is 0 Å². The van der Waals surface area contributed by atoms with Gasteiger partial charge in [0.1, 0.15) is 11.6 Å². The number of nitrogen functional groups attached to an aromatic ring is 1. The highest BCUT2D eigenvalue weighted by Gasteiger charge is 2.12. The molecule has 0 saturated carbocycles. The fraction of sp³-hybridized carbons (Fsp3) is 0.375. The molecule has 0 fully saturated rings. The summed E-state index contributed by atoms with van der Waals surface area (Å²) >= 11 is 0. The van der Waals surface area contributed by atoms with Crippen LogP contribution < -0.4 is 10.5 Å². The molecule has 1 aromatic heterocycles. The van der Waals surface area contributed by atoms with Gasteiger partial charge in [-0.25, -0.2) is 4.98 Å². The van der Waals surface area contributed by atoms with E-state index in [2.05, 4.69) is 16.0 Å². The van der Waals surface area contributed by atoms with E-state index in [-0.39, 0.29) is 6.04 Å². The quantitative estimate of drug-likeness (QED) is 0.913. The molecule has 0 bridgehead atoms. The van der Waals surface area contributed by atoms with Gasteiger partial charge in [0.05, 0.1) is 25.1 Å². The molecule has 2 rings (SSSR count). The van der Waals surface area contributed by atoms with E-state index in [0.29, 0.717) is 18.8 Å². The van der Waals surface area contributed by atoms with E-state index in [1.54, 1.807) is 7.11 Å². The van der Waals surface area contributed by atoms with Crippen LogP contribution in [0.1, 0.15) is 18.9 Å². The van der Waals surface area contributed by atoms with Crippen molar-refractivity contribution in [1.82, 2.24) is 9.88 Å². The van der Waals surface area contributed by atoms with Gasteiger partial charge in [-0.05, 0) is 32.2 Å². The lowest BCUT2D eigenvalue weighted by Gasteiger charge is -2.23. The first-order valence-electron chi connectivity index (χ1n) is 6.85. The van der Waals surface area contributed by atoms with Crippen LogP contribution in [0.2, 0.25) is 0 Å². The highest BCUT2D eigenvalue weighted by molar-refractivity contribution is 5.82. The maximum atomic E-state index is 8.77. The van der Waals surface area contributed by atoms with E-state index in [1.807, 2.05) is 38.2 Å². The van der Waals surface area contributed by atoms with Crippen LogP contribution in [-0.2, 0) is 6.54 Å². The van der Waals surface area contributed by atoms with Crippen molar-refractivity contribution in [2.45, 2.75) is 25.9 Å². The molecule has 0 saturated heterocycles. The number of hydrogen-bond acceptors (Lipinski definition) is 5.